The zero-order valence-electron chi connectivity index (χ0n) is 15.2. The number of hydrogen-bond acceptors (Lipinski definition) is 5. The number of aromatic nitrogens is 2. The number of carbonyl (C=O) groups excluding carboxylic acids is 1. The lowest BCUT2D eigenvalue weighted by atomic mass is 10.1. The Morgan fingerprint density at radius 1 is 1.11 bits per heavy atom. The summed E-state index contributed by atoms with van der Waals surface area (Å²) in [5.74, 6) is 0.0397. The summed E-state index contributed by atoms with van der Waals surface area (Å²) in [7, 11) is 0. The average Bonchev–Trinajstić information content (AvgIpc) is 2.68. The molecule has 1 heterocycles. The normalized spacial score (nSPS) is 10.1. The third-order valence-corrected chi connectivity index (χ3v) is 4.00. The van der Waals surface area contributed by atoms with E-state index in [4.69, 9.17) is 5.26 Å². The molecule has 1 aromatic heterocycles. The molecule has 6 heteroatoms. The van der Waals surface area contributed by atoms with Crippen molar-refractivity contribution in [3.05, 3.63) is 77.1 Å². The van der Waals surface area contributed by atoms with Gasteiger partial charge in [-0.05, 0) is 55.3 Å². The molecule has 0 saturated carbocycles. The standard InChI is InChI=1S/C21H19N5O/c1-3-16-6-4-5-7-18(16)25-21-23-14(2)12-19(26-21)20(27)24-17-10-8-15(13-22)9-11-17/h4-12H,3H2,1-2H3,(H,24,27)(H,23,25,26). The van der Waals surface area contributed by atoms with E-state index in [0.717, 1.165) is 17.7 Å². The van der Waals surface area contributed by atoms with Gasteiger partial charge in [-0.15, -0.1) is 0 Å². The number of nitrogens with zero attached hydrogens (tertiary/aromatic N) is 3. The molecule has 6 nitrogen and oxygen atoms in total. The largest absolute Gasteiger partial charge is 0.324 e. The number of anilines is 3. The first-order valence-corrected chi connectivity index (χ1v) is 8.61. The smallest absolute Gasteiger partial charge is 0.274 e. The summed E-state index contributed by atoms with van der Waals surface area (Å²) in [6.45, 7) is 3.89. The van der Waals surface area contributed by atoms with Gasteiger partial charge in [0.05, 0.1) is 11.6 Å². The van der Waals surface area contributed by atoms with E-state index >= 15 is 0 Å². The molecule has 0 spiro atoms. The maximum atomic E-state index is 12.6. The molecule has 0 aliphatic heterocycles. The molecule has 1 amide bonds. The molecule has 0 atom stereocenters. The van der Waals surface area contributed by atoms with Gasteiger partial charge < -0.3 is 10.6 Å². The van der Waals surface area contributed by atoms with Crippen LogP contribution in [0.1, 0.15) is 34.2 Å². The van der Waals surface area contributed by atoms with E-state index in [1.165, 1.54) is 0 Å². The number of amides is 1. The zero-order valence-corrected chi connectivity index (χ0v) is 15.2. The minimum absolute atomic E-state index is 0.267. The Balaban J connectivity index is 1.81. The molecule has 3 aromatic rings. The third kappa shape index (κ3) is 4.47. The van der Waals surface area contributed by atoms with E-state index in [9.17, 15) is 4.79 Å². The van der Waals surface area contributed by atoms with Crippen molar-refractivity contribution in [2.45, 2.75) is 20.3 Å². The summed E-state index contributed by atoms with van der Waals surface area (Å²) in [5, 5.41) is 14.8. The van der Waals surface area contributed by atoms with Crippen LogP contribution in [0.2, 0.25) is 0 Å². The van der Waals surface area contributed by atoms with Gasteiger partial charge in [-0.2, -0.15) is 5.26 Å². The van der Waals surface area contributed by atoms with Gasteiger partial charge in [-0.1, -0.05) is 25.1 Å². The van der Waals surface area contributed by atoms with Crippen molar-refractivity contribution >= 4 is 23.2 Å². The van der Waals surface area contributed by atoms with E-state index in [1.54, 1.807) is 30.3 Å². The SMILES string of the molecule is CCc1ccccc1Nc1nc(C)cc(C(=O)Nc2ccc(C#N)cc2)n1. The number of aryl methyl sites for hydroxylation is 2. The van der Waals surface area contributed by atoms with Crippen LogP contribution in [0.25, 0.3) is 0 Å². The minimum atomic E-state index is -0.336. The van der Waals surface area contributed by atoms with Crippen LogP contribution in [0.15, 0.2) is 54.6 Å². The molecule has 3 rings (SSSR count). The Morgan fingerprint density at radius 3 is 2.56 bits per heavy atom. The van der Waals surface area contributed by atoms with Crippen LogP contribution in [-0.2, 0) is 6.42 Å². The van der Waals surface area contributed by atoms with Crippen LogP contribution in [0, 0.1) is 18.3 Å². The molecular formula is C21H19N5O. The number of para-hydroxylation sites is 1. The Morgan fingerprint density at radius 2 is 1.85 bits per heavy atom. The third-order valence-electron chi connectivity index (χ3n) is 4.00. The number of benzene rings is 2. The summed E-state index contributed by atoms with van der Waals surface area (Å²) in [6.07, 6.45) is 0.876. The summed E-state index contributed by atoms with van der Waals surface area (Å²) in [6, 6.07) is 18.3. The number of nitrogens with one attached hydrogen (secondary N) is 2. The van der Waals surface area contributed by atoms with Crippen LogP contribution in [0.5, 0.6) is 0 Å². The van der Waals surface area contributed by atoms with E-state index in [2.05, 4.69) is 27.5 Å². The van der Waals surface area contributed by atoms with Gasteiger partial charge in [-0.25, -0.2) is 9.97 Å². The summed E-state index contributed by atoms with van der Waals surface area (Å²) in [4.78, 5) is 21.3. The second-order valence-electron chi connectivity index (χ2n) is 6.00. The van der Waals surface area contributed by atoms with Gasteiger partial charge in [0.15, 0.2) is 0 Å². The molecule has 0 aliphatic rings. The summed E-state index contributed by atoms with van der Waals surface area (Å²) >= 11 is 0. The van der Waals surface area contributed by atoms with E-state index in [1.807, 2.05) is 37.3 Å². The second kappa shape index (κ2) is 8.11. The molecule has 0 saturated heterocycles. The van der Waals surface area contributed by atoms with Crippen LogP contribution in [0.4, 0.5) is 17.3 Å². The summed E-state index contributed by atoms with van der Waals surface area (Å²) in [5.41, 5.74) is 4.15. The Bertz CT molecular complexity index is 1010. The van der Waals surface area contributed by atoms with Gasteiger partial charge >= 0.3 is 0 Å². The zero-order chi connectivity index (χ0) is 19.2. The monoisotopic (exact) mass is 357 g/mol. The fraction of sp³-hybridized carbons (Fsp3) is 0.143. The lowest BCUT2D eigenvalue weighted by molar-refractivity contribution is 0.102. The molecular weight excluding hydrogens is 338 g/mol. The highest BCUT2D eigenvalue weighted by Crippen LogP contribution is 2.20. The number of rotatable bonds is 5. The van der Waals surface area contributed by atoms with Gasteiger partial charge in [0.1, 0.15) is 5.69 Å². The van der Waals surface area contributed by atoms with Crippen LogP contribution < -0.4 is 10.6 Å². The molecule has 0 radical (unpaired) electrons. The quantitative estimate of drug-likeness (QED) is 0.713. The maximum absolute atomic E-state index is 12.6. The van der Waals surface area contributed by atoms with E-state index in [0.29, 0.717) is 22.9 Å². The Hall–Kier alpha value is -3.72. The van der Waals surface area contributed by atoms with Gasteiger partial charge in [0.2, 0.25) is 5.95 Å². The van der Waals surface area contributed by atoms with E-state index < -0.39 is 0 Å². The van der Waals surface area contributed by atoms with Crippen molar-refractivity contribution in [2.75, 3.05) is 10.6 Å². The van der Waals surface area contributed by atoms with Gasteiger partial charge in [0.25, 0.3) is 5.91 Å². The number of hydrogen-bond donors (Lipinski definition) is 2. The molecule has 134 valence electrons. The lowest BCUT2D eigenvalue weighted by Gasteiger charge is -2.11. The molecule has 0 aliphatic carbocycles. The van der Waals surface area contributed by atoms with Gasteiger partial charge in [0, 0.05) is 17.1 Å². The highest BCUT2D eigenvalue weighted by molar-refractivity contribution is 6.03. The van der Waals surface area contributed by atoms with Gasteiger partial charge in [-0.3, -0.25) is 4.79 Å². The van der Waals surface area contributed by atoms with Crippen LogP contribution in [0.3, 0.4) is 0 Å². The van der Waals surface area contributed by atoms with Crippen LogP contribution >= 0.6 is 0 Å². The molecule has 27 heavy (non-hydrogen) atoms. The molecule has 0 fully saturated rings. The first-order chi connectivity index (χ1) is 13.1. The van der Waals surface area contributed by atoms with Crippen LogP contribution in [-0.4, -0.2) is 15.9 Å². The first kappa shape index (κ1) is 18.1. The number of carbonyl (C=O) groups is 1. The Labute approximate surface area is 157 Å². The van der Waals surface area contributed by atoms with Crippen molar-refractivity contribution in [1.82, 2.24) is 9.97 Å². The predicted octanol–water partition coefficient (Wildman–Crippen LogP) is 4.22. The highest BCUT2D eigenvalue weighted by atomic mass is 16.1. The van der Waals surface area contributed by atoms with Crippen molar-refractivity contribution in [1.29, 1.82) is 5.26 Å². The fourth-order valence-corrected chi connectivity index (χ4v) is 2.64. The maximum Gasteiger partial charge on any atom is 0.274 e. The molecule has 0 unspecified atom stereocenters. The first-order valence-electron chi connectivity index (χ1n) is 8.61. The topological polar surface area (TPSA) is 90.7 Å². The van der Waals surface area contributed by atoms with Crippen molar-refractivity contribution in [3.8, 4) is 6.07 Å². The summed E-state index contributed by atoms with van der Waals surface area (Å²) < 4.78 is 0. The van der Waals surface area contributed by atoms with Crippen molar-refractivity contribution < 1.29 is 4.79 Å². The number of nitriles is 1. The Kier molecular flexibility index (Phi) is 5.43. The molecule has 2 N–H and O–H groups in total. The fourth-order valence-electron chi connectivity index (χ4n) is 2.64. The van der Waals surface area contributed by atoms with Crippen molar-refractivity contribution in [3.63, 3.8) is 0 Å². The van der Waals surface area contributed by atoms with E-state index in [-0.39, 0.29) is 11.6 Å². The second-order valence-corrected chi connectivity index (χ2v) is 6.00. The minimum Gasteiger partial charge on any atom is -0.324 e. The average molecular weight is 357 g/mol. The highest BCUT2D eigenvalue weighted by Gasteiger charge is 2.12. The molecule has 2 aromatic carbocycles. The van der Waals surface area contributed by atoms with Crippen molar-refractivity contribution in [2.24, 2.45) is 0 Å². The lowest BCUT2D eigenvalue weighted by Crippen LogP contribution is -2.15. The predicted molar refractivity (Wildman–Crippen MR) is 105 cm³/mol. The molecule has 0 bridgehead atoms.